The molecule has 0 amide bonds. The SMILES string of the molecule is Cc1cc(C)cc(C)c1.Cc1ccccc1P=O. The van der Waals surface area contributed by atoms with Crippen molar-refractivity contribution in [2.24, 2.45) is 0 Å². The summed E-state index contributed by atoms with van der Waals surface area (Å²) < 4.78 is 10.3. The van der Waals surface area contributed by atoms with Gasteiger partial charge in [0.05, 0.1) is 0 Å². The first-order valence-electron chi connectivity index (χ1n) is 5.97. The zero-order valence-electron chi connectivity index (χ0n) is 11.4. The van der Waals surface area contributed by atoms with Crippen molar-refractivity contribution in [3.05, 3.63) is 64.7 Å². The average molecular weight is 258 g/mol. The second-order valence-electron chi connectivity index (χ2n) is 4.54. The molecule has 0 heterocycles. The highest BCUT2D eigenvalue weighted by atomic mass is 31.1. The molecule has 2 rings (SSSR count). The zero-order valence-corrected chi connectivity index (χ0v) is 12.3. The third kappa shape index (κ3) is 4.81. The van der Waals surface area contributed by atoms with Gasteiger partial charge in [-0.3, -0.25) is 4.57 Å². The molecule has 0 aromatic heterocycles. The standard InChI is InChI=1S/C9H12.C7H7OP/c1-7-4-8(2)6-9(3)5-7;1-6-4-2-3-5-7(6)9-8/h4-6H,1-3H3;2-5H,1H3. The number of hydrogen-bond acceptors (Lipinski definition) is 1. The number of aryl methyl sites for hydroxylation is 4. The fourth-order valence-corrected chi connectivity index (χ4v) is 2.23. The van der Waals surface area contributed by atoms with Crippen LogP contribution in [0.1, 0.15) is 22.3 Å². The van der Waals surface area contributed by atoms with Crippen LogP contribution in [0.15, 0.2) is 42.5 Å². The van der Waals surface area contributed by atoms with Crippen molar-refractivity contribution in [2.45, 2.75) is 27.7 Å². The lowest BCUT2D eigenvalue weighted by molar-refractivity contribution is 0.603. The molecular weight excluding hydrogens is 239 g/mol. The third-order valence-corrected chi connectivity index (χ3v) is 3.28. The van der Waals surface area contributed by atoms with Crippen LogP contribution in [0.2, 0.25) is 0 Å². The highest BCUT2D eigenvalue weighted by Gasteiger charge is 1.91. The Bertz CT molecular complexity index is 482. The van der Waals surface area contributed by atoms with Crippen LogP contribution in [0.4, 0.5) is 0 Å². The average Bonchev–Trinajstić information content (AvgIpc) is 2.28. The van der Waals surface area contributed by atoms with Crippen molar-refractivity contribution in [2.75, 3.05) is 0 Å². The van der Waals surface area contributed by atoms with E-state index in [0.717, 1.165) is 10.9 Å². The second kappa shape index (κ2) is 7.08. The molecular formula is C16H19OP. The molecule has 0 spiro atoms. The van der Waals surface area contributed by atoms with Crippen LogP contribution in [0.3, 0.4) is 0 Å². The van der Waals surface area contributed by atoms with E-state index in [0.29, 0.717) is 0 Å². The summed E-state index contributed by atoms with van der Waals surface area (Å²) in [6.07, 6.45) is 0. The van der Waals surface area contributed by atoms with Gasteiger partial charge in [0.2, 0.25) is 0 Å². The van der Waals surface area contributed by atoms with Gasteiger partial charge in [0.1, 0.15) is 0 Å². The molecule has 2 aromatic carbocycles. The Morgan fingerprint density at radius 1 is 0.778 bits per heavy atom. The Kier molecular flexibility index (Phi) is 5.74. The molecule has 0 unspecified atom stereocenters. The molecule has 0 aliphatic heterocycles. The van der Waals surface area contributed by atoms with E-state index in [1.165, 1.54) is 16.7 Å². The van der Waals surface area contributed by atoms with Gasteiger partial charge in [-0.25, -0.2) is 0 Å². The van der Waals surface area contributed by atoms with Crippen LogP contribution in [0.25, 0.3) is 0 Å². The summed E-state index contributed by atoms with van der Waals surface area (Å²) in [5.41, 5.74) is 5.14. The predicted molar refractivity (Wildman–Crippen MR) is 79.1 cm³/mol. The van der Waals surface area contributed by atoms with E-state index in [2.05, 4.69) is 39.0 Å². The monoisotopic (exact) mass is 258 g/mol. The molecule has 2 heteroatoms. The summed E-state index contributed by atoms with van der Waals surface area (Å²) in [4.78, 5) is 0. The molecule has 0 N–H and O–H groups in total. The van der Waals surface area contributed by atoms with Gasteiger partial charge in [-0.2, -0.15) is 0 Å². The Morgan fingerprint density at radius 2 is 1.22 bits per heavy atom. The van der Waals surface area contributed by atoms with Crippen molar-refractivity contribution in [3.63, 3.8) is 0 Å². The maximum absolute atomic E-state index is 10.3. The summed E-state index contributed by atoms with van der Waals surface area (Å²) in [7, 11) is 0.112. The molecule has 0 saturated heterocycles. The van der Waals surface area contributed by atoms with E-state index in [4.69, 9.17) is 0 Å². The maximum atomic E-state index is 10.3. The molecule has 0 aliphatic rings. The minimum atomic E-state index is 0.112. The van der Waals surface area contributed by atoms with Crippen molar-refractivity contribution in [1.82, 2.24) is 0 Å². The summed E-state index contributed by atoms with van der Waals surface area (Å²) in [6.45, 7) is 8.32. The molecule has 0 atom stereocenters. The lowest BCUT2D eigenvalue weighted by Gasteiger charge is -1.96. The van der Waals surface area contributed by atoms with E-state index >= 15 is 0 Å². The van der Waals surface area contributed by atoms with Crippen molar-refractivity contribution < 1.29 is 4.57 Å². The molecule has 0 radical (unpaired) electrons. The number of rotatable bonds is 1. The van der Waals surface area contributed by atoms with Gasteiger partial charge < -0.3 is 0 Å². The molecule has 0 aliphatic carbocycles. The quantitative estimate of drug-likeness (QED) is 0.687. The van der Waals surface area contributed by atoms with Gasteiger partial charge >= 0.3 is 0 Å². The molecule has 18 heavy (non-hydrogen) atoms. The summed E-state index contributed by atoms with van der Waals surface area (Å²) in [5.74, 6) is 0. The Morgan fingerprint density at radius 3 is 1.56 bits per heavy atom. The van der Waals surface area contributed by atoms with E-state index < -0.39 is 0 Å². The van der Waals surface area contributed by atoms with E-state index in [-0.39, 0.29) is 8.46 Å². The molecule has 0 saturated carbocycles. The van der Waals surface area contributed by atoms with E-state index in [1.54, 1.807) is 0 Å². The first kappa shape index (κ1) is 14.6. The fraction of sp³-hybridized carbons (Fsp3) is 0.250. The summed E-state index contributed by atoms with van der Waals surface area (Å²) in [6, 6.07) is 14.2. The van der Waals surface area contributed by atoms with Gasteiger partial charge in [0.15, 0.2) is 8.46 Å². The van der Waals surface area contributed by atoms with Crippen LogP contribution in [-0.2, 0) is 4.57 Å². The highest BCUT2D eigenvalue weighted by molar-refractivity contribution is 7.34. The third-order valence-electron chi connectivity index (χ3n) is 2.58. The van der Waals surface area contributed by atoms with E-state index in [9.17, 15) is 4.57 Å². The lowest BCUT2D eigenvalue weighted by Crippen LogP contribution is -1.94. The molecule has 2 aromatic rings. The molecule has 0 fully saturated rings. The minimum Gasteiger partial charge on any atom is -0.269 e. The van der Waals surface area contributed by atoms with Crippen LogP contribution < -0.4 is 5.30 Å². The smallest absolute Gasteiger partial charge is 0.192 e. The predicted octanol–water partition coefficient (Wildman–Crippen LogP) is 4.52. The zero-order chi connectivity index (χ0) is 13.5. The molecule has 1 nitrogen and oxygen atoms in total. The largest absolute Gasteiger partial charge is 0.269 e. The van der Waals surface area contributed by atoms with Crippen molar-refractivity contribution >= 4 is 13.8 Å². The number of hydrogen-bond donors (Lipinski definition) is 0. The van der Waals surface area contributed by atoms with Crippen molar-refractivity contribution in [1.29, 1.82) is 0 Å². The van der Waals surface area contributed by atoms with Crippen LogP contribution >= 0.6 is 8.46 Å². The Labute approximate surface area is 111 Å². The summed E-state index contributed by atoms with van der Waals surface area (Å²) >= 11 is 0. The fourth-order valence-electron chi connectivity index (χ4n) is 1.87. The van der Waals surface area contributed by atoms with Gasteiger partial charge in [-0.05, 0) is 39.3 Å². The van der Waals surface area contributed by atoms with Gasteiger partial charge in [0.25, 0.3) is 0 Å². The normalized spacial score (nSPS) is 9.78. The Hall–Kier alpha value is -1.46. The van der Waals surface area contributed by atoms with Crippen LogP contribution in [0, 0.1) is 27.7 Å². The van der Waals surface area contributed by atoms with Crippen LogP contribution in [-0.4, -0.2) is 0 Å². The lowest BCUT2D eigenvalue weighted by atomic mass is 10.1. The van der Waals surface area contributed by atoms with E-state index in [1.807, 2.05) is 31.2 Å². The Balaban J connectivity index is 0.000000180. The van der Waals surface area contributed by atoms with Gasteiger partial charge in [-0.1, -0.05) is 53.1 Å². The topological polar surface area (TPSA) is 17.1 Å². The second-order valence-corrected chi connectivity index (χ2v) is 5.21. The molecule has 94 valence electrons. The summed E-state index contributed by atoms with van der Waals surface area (Å²) in [5, 5.41) is 0.873. The van der Waals surface area contributed by atoms with Crippen LogP contribution in [0.5, 0.6) is 0 Å². The first-order chi connectivity index (χ1) is 8.52. The molecule has 0 bridgehead atoms. The number of benzene rings is 2. The van der Waals surface area contributed by atoms with Gasteiger partial charge in [0, 0.05) is 5.30 Å². The maximum Gasteiger partial charge on any atom is 0.192 e. The highest BCUT2D eigenvalue weighted by Crippen LogP contribution is 2.06. The minimum absolute atomic E-state index is 0.112. The van der Waals surface area contributed by atoms with Gasteiger partial charge in [-0.15, -0.1) is 0 Å². The first-order valence-corrected chi connectivity index (χ1v) is 6.78. The van der Waals surface area contributed by atoms with Crippen molar-refractivity contribution in [3.8, 4) is 0 Å².